The predicted octanol–water partition coefficient (Wildman–Crippen LogP) is 3.42. The Bertz CT molecular complexity index is 1390. The van der Waals surface area contributed by atoms with Crippen molar-refractivity contribution in [1.29, 1.82) is 0 Å². The van der Waals surface area contributed by atoms with Gasteiger partial charge in [0.05, 0.1) is 28.7 Å². The van der Waals surface area contributed by atoms with Crippen LogP contribution in [0.3, 0.4) is 0 Å². The summed E-state index contributed by atoms with van der Waals surface area (Å²) in [5.41, 5.74) is 14.6. The summed E-state index contributed by atoms with van der Waals surface area (Å²) in [5, 5.41) is 7.30. The molecule has 0 aliphatic rings. The summed E-state index contributed by atoms with van der Waals surface area (Å²) in [7, 11) is -3.62. The van der Waals surface area contributed by atoms with Crippen molar-refractivity contribution in [1.82, 2.24) is 20.2 Å². The van der Waals surface area contributed by atoms with Crippen LogP contribution in [0.1, 0.15) is 18.9 Å². The molecular weight excluding hydrogens is 459 g/mol. The van der Waals surface area contributed by atoms with Gasteiger partial charge in [-0.3, -0.25) is 4.39 Å². The Balaban J connectivity index is 1.62. The van der Waals surface area contributed by atoms with Crippen LogP contribution in [0.15, 0.2) is 64.0 Å². The van der Waals surface area contributed by atoms with Crippen LogP contribution in [0.5, 0.6) is 0 Å². The maximum Gasteiger partial charge on any atom is 0.270 e. The van der Waals surface area contributed by atoms with Crippen LogP contribution in [-0.2, 0) is 16.4 Å². The van der Waals surface area contributed by atoms with Crippen molar-refractivity contribution in [3.8, 4) is 34.3 Å². The van der Waals surface area contributed by atoms with E-state index in [0.717, 1.165) is 11.1 Å². The van der Waals surface area contributed by atoms with Crippen LogP contribution in [0, 0.1) is 0 Å². The van der Waals surface area contributed by atoms with Crippen molar-refractivity contribution in [2.75, 3.05) is 12.4 Å². The summed E-state index contributed by atoms with van der Waals surface area (Å²) in [5.74, 6) is 0.503. The summed E-state index contributed by atoms with van der Waals surface area (Å²) in [6.45, 7) is 1.22. The lowest BCUT2D eigenvalue weighted by atomic mass is 10.1. The second-order valence-electron chi connectivity index (χ2n) is 7.66. The lowest BCUT2D eigenvalue weighted by molar-refractivity contribution is 0.464. The highest BCUT2D eigenvalue weighted by Gasteiger charge is 2.23. The maximum absolute atomic E-state index is 12.6. The van der Waals surface area contributed by atoms with Gasteiger partial charge < -0.3 is 15.9 Å². The van der Waals surface area contributed by atoms with Crippen molar-refractivity contribution < 1.29 is 17.2 Å². The summed E-state index contributed by atoms with van der Waals surface area (Å²) < 4.78 is 43.5. The molecule has 0 saturated heterocycles. The van der Waals surface area contributed by atoms with Gasteiger partial charge in [0.15, 0.2) is 21.3 Å². The number of sulfone groups is 1. The highest BCUT2D eigenvalue weighted by Crippen LogP contribution is 2.29. The number of anilines is 1. The predicted molar refractivity (Wildman–Crippen MR) is 126 cm³/mol. The van der Waals surface area contributed by atoms with Crippen molar-refractivity contribution in [3.05, 3.63) is 60.3 Å². The van der Waals surface area contributed by atoms with Crippen LogP contribution < -0.4 is 11.5 Å². The van der Waals surface area contributed by atoms with Crippen LogP contribution in [-0.4, -0.2) is 40.5 Å². The Labute approximate surface area is 196 Å². The van der Waals surface area contributed by atoms with Gasteiger partial charge in [-0.25, -0.2) is 18.4 Å². The fourth-order valence-electron chi connectivity index (χ4n) is 3.27. The van der Waals surface area contributed by atoms with E-state index in [9.17, 15) is 12.8 Å². The molecule has 4 rings (SSSR count). The Kier molecular flexibility index (Phi) is 6.66. The van der Waals surface area contributed by atoms with Gasteiger partial charge in [-0.2, -0.15) is 0 Å². The minimum atomic E-state index is -3.62. The first-order chi connectivity index (χ1) is 16.3. The molecule has 4 N–H and O–H groups in total. The molecule has 1 atom stereocenters. The molecule has 34 heavy (non-hydrogen) atoms. The van der Waals surface area contributed by atoms with Gasteiger partial charge in [-0.1, -0.05) is 24.3 Å². The first-order valence-corrected chi connectivity index (χ1v) is 12.0. The molecule has 0 aliphatic carbocycles. The number of hydrogen-bond acceptors (Lipinski definition) is 9. The molecule has 0 radical (unpaired) electrons. The third kappa shape index (κ3) is 4.66. The Morgan fingerprint density at radius 2 is 1.65 bits per heavy atom. The van der Waals surface area contributed by atoms with E-state index in [-0.39, 0.29) is 28.7 Å². The fourth-order valence-corrected chi connectivity index (χ4v) is 4.65. The number of nitrogens with zero attached hydrogens (tertiary/aromatic N) is 4. The zero-order chi connectivity index (χ0) is 24.3. The standard InChI is InChI=1S/C23H23FN6O3S/c1-14(10-11-24)34(31,32)18-8-6-16(7-9-18)19-13-27-21(26)20(28-19)23-30-29-22(33-23)17-4-2-15(12-25)3-5-17/h2-9,13-14H,10-12,25H2,1H3,(H2,26,27). The van der Waals surface area contributed by atoms with Gasteiger partial charge in [0.2, 0.25) is 5.89 Å². The van der Waals surface area contributed by atoms with Gasteiger partial charge in [0.25, 0.3) is 5.89 Å². The first kappa shape index (κ1) is 23.5. The van der Waals surface area contributed by atoms with E-state index in [1.165, 1.54) is 25.3 Å². The number of nitrogens with two attached hydrogens (primary N) is 2. The van der Waals surface area contributed by atoms with Gasteiger partial charge >= 0.3 is 0 Å². The van der Waals surface area contributed by atoms with Crippen molar-refractivity contribution >= 4 is 15.7 Å². The minimum Gasteiger partial charge on any atom is -0.414 e. The van der Waals surface area contributed by atoms with Gasteiger partial charge in [0.1, 0.15) is 0 Å². The monoisotopic (exact) mass is 482 g/mol. The summed E-state index contributed by atoms with van der Waals surface area (Å²) in [6.07, 6.45) is 1.41. The first-order valence-electron chi connectivity index (χ1n) is 10.5. The lowest BCUT2D eigenvalue weighted by Crippen LogP contribution is -2.18. The number of alkyl halides is 1. The number of hydrogen-bond donors (Lipinski definition) is 2. The third-order valence-corrected chi connectivity index (χ3v) is 7.61. The van der Waals surface area contributed by atoms with Crippen LogP contribution in [0.2, 0.25) is 0 Å². The Morgan fingerprint density at radius 1 is 1.00 bits per heavy atom. The second-order valence-corrected chi connectivity index (χ2v) is 10.0. The van der Waals surface area contributed by atoms with Gasteiger partial charge in [-0.15, -0.1) is 10.2 Å². The van der Waals surface area contributed by atoms with Crippen LogP contribution in [0.4, 0.5) is 10.2 Å². The van der Waals surface area contributed by atoms with Crippen LogP contribution >= 0.6 is 0 Å². The molecule has 4 aromatic rings. The van der Waals surface area contributed by atoms with E-state index < -0.39 is 21.8 Å². The molecule has 11 heteroatoms. The largest absolute Gasteiger partial charge is 0.414 e. The average molecular weight is 483 g/mol. The topological polar surface area (TPSA) is 151 Å². The highest BCUT2D eigenvalue weighted by atomic mass is 32.2. The summed E-state index contributed by atoms with van der Waals surface area (Å²) in [4.78, 5) is 8.79. The molecule has 0 spiro atoms. The molecule has 0 aliphatic heterocycles. The fraction of sp³-hybridized carbons (Fsp3) is 0.217. The summed E-state index contributed by atoms with van der Waals surface area (Å²) in [6, 6.07) is 13.5. The Morgan fingerprint density at radius 3 is 2.29 bits per heavy atom. The van der Waals surface area contributed by atoms with E-state index in [1.807, 2.05) is 24.3 Å². The highest BCUT2D eigenvalue weighted by molar-refractivity contribution is 7.92. The minimum absolute atomic E-state index is 0.0553. The molecular formula is C23H23FN6O3S. The summed E-state index contributed by atoms with van der Waals surface area (Å²) >= 11 is 0. The smallest absolute Gasteiger partial charge is 0.270 e. The number of halogens is 1. The van der Waals surface area contributed by atoms with E-state index in [0.29, 0.717) is 23.7 Å². The molecule has 0 fully saturated rings. The molecule has 0 amide bonds. The van der Waals surface area contributed by atoms with Gasteiger partial charge in [0, 0.05) is 17.7 Å². The molecule has 2 aromatic carbocycles. The average Bonchev–Trinajstić information content (AvgIpc) is 3.35. The second kappa shape index (κ2) is 9.65. The number of aromatic nitrogens is 4. The third-order valence-electron chi connectivity index (χ3n) is 5.39. The molecule has 0 bridgehead atoms. The van der Waals surface area contributed by atoms with Gasteiger partial charge in [-0.05, 0) is 43.2 Å². The van der Waals surface area contributed by atoms with Crippen molar-refractivity contribution in [2.24, 2.45) is 5.73 Å². The van der Waals surface area contributed by atoms with E-state index >= 15 is 0 Å². The molecule has 1 unspecified atom stereocenters. The quantitative estimate of drug-likeness (QED) is 0.385. The van der Waals surface area contributed by atoms with E-state index in [2.05, 4.69) is 20.2 Å². The molecule has 9 nitrogen and oxygen atoms in total. The molecule has 2 heterocycles. The Hall–Kier alpha value is -3.70. The molecule has 176 valence electrons. The lowest BCUT2D eigenvalue weighted by Gasteiger charge is -2.11. The number of benzene rings is 2. The number of nitrogen functional groups attached to an aromatic ring is 1. The van der Waals surface area contributed by atoms with E-state index in [1.54, 1.807) is 12.1 Å². The normalized spacial score (nSPS) is 12.6. The molecule has 0 saturated carbocycles. The van der Waals surface area contributed by atoms with Crippen molar-refractivity contribution in [3.63, 3.8) is 0 Å². The van der Waals surface area contributed by atoms with E-state index in [4.69, 9.17) is 15.9 Å². The zero-order valence-corrected chi connectivity index (χ0v) is 19.2. The molecule has 2 aromatic heterocycles. The van der Waals surface area contributed by atoms with Crippen molar-refractivity contribution in [2.45, 2.75) is 30.0 Å². The zero-order valence-electron chi connectivity index (χ0n) is 18.3. The maximum atomic E-state index is 12.6. The van der Waals surface area contributed by atoms with Crippen LogP contribution in [0.25, 0.3) is 34.3 Å². The SMILES string of the molecule is CC(CCF)S(=O)(=O)c1ccc(-c2cnc(N)c(-c3nnc(-c4ccc(CN)cc4)o3)n2)cc1. The number of rotatable bonds is 8.